The molecule has 6 heteroatoms. The molecule has 0 fully saturated rings. The number of amides is 2. The Labute approximate surface area is 151 Å². The van der Waals surface area contributed by atoms with Gasteiger partial charge in [0.25, 0.3) is 0 Å². The molecule has 132 valence electrons. The summed E-state index contributed by atoms with van der Waals surface area (Å²) in [7, 11) is 1.56. The first kappa shape index (κ1) is 17.4. The van der Waals surface area contributed by atoms with E-state index in [4.69, 9.17) is 4.74 Å². The van der Waals surface area contributed by atoms with E-state index in [0.717, 1.165) is 16.5 Å². The number of para-hydroxylation sites is 1. The van der Waals surface area contributed by atoms with Crippen molar-refractivity contribution < 1.29 is 14.3 Å². The van der Waals surface area contributed by atoms with Crippen molar-refractivity contribution in [2.75, 3.05) is 12.4 Å². The topological polar surface area (TPSA) is 80.3 Å². The van der Waals surface area contributed by atoms with Crippen molar-refractivity contribution in [1.29, 1.82) is 0 Å². The van der Waals surface area contributed by atoms with E-state index in [1.54, 1.807) is 44.5 Å². The van der Waals surface area contributed by atoms with Crippen LogP contribution in [0.2, 0.25) is 0 Å². The maximum Gasteiger partial charge on any atom is 0.313 e. The third-order valence-corrected chi connectivity index (χ3v) is 4.02. The van der Waals surface area contributed by atoms with Gasteiger partial charge in [-0.1, -0.05) is 24.3 Å². The molecule has 0 radical (unpaired) electrons. The first-order chi connectivity index (χ1) is 12.6. The number of nitrogens with one attached hydrogen (secondary N) is 2. The maximum atomic E-state index is 12.2. The van der Waals surface area contributed by atoms with E-state index in [1.165, 1.54) is 0 Å². The van der Waals surface area contributed by atoms with E-state index in [1.807, 2.05) is 30.3 Å². The van der Waals surface area contributed by atoms with E-state index in [2.05, 4.69) is 15.6 Å². The van der Waals surface area contributed by atoms with Crippen LogP contribution in [0.3, 0.4) is 0 Å². The molecule has 0 aliphatic heterocycles. The standard InChI is InChI=1S/C20H19N3O3/c1-13(16-7-3-4-8-18(16)26-2)22-19(24)20(25)23-15-9-10-17-14(12-15)6-5-11-21-17/h3-13H,1-2H3,(H,22,24)(H,23,25). The van der Waals surface area contributed by atoms with Gasteiger partial charge >= 0.3 is 11.8 Å². The Morgan fingerprint density at radius 1 is 1.04 bits per heavy atom. The van der Waals surface area contributed by atoms with E-state index in [0.29, 0.717) is 11.4 Å². The Morgan fingerprint density at radius 3 is 2.65 bits per heavy atom. The summed E-state index contributed by atoms with van der Waals surface area (Å²) in [5, 5.41) is 6.18. The summed E-state index contributed by atoms with van der Waals surface area (Å²) in [5.41, 5.74) is 2.16. The van der Waals surface area contributed by atoms with Gasteiger partial charge in [0.05, 0.1) is 18.7 Å². The fourth-order valence-electron chi connectivity index (χ4n) is 2.71. The van der Waals surface area contributed by atoms with Gasteiger partial charge in [-0.25, -0.2) is 0 Å². The molecule has 2 N–H and O–H groups in total. The van der Waals surface area contributed by atoms with Crippen molar-refractivity contribution in [2.24, 2.45) is 0 Å². The van der Waals surface area contributed by atoms with Gasteiger partial charge in [0, 0.05) is 22.8 Å². The van der Waals surface area contributed by atoms with Gasteiger partial charge in [0.1, 0.15) is 5.75 Å². The summed E-state index contributed by atoms with van der Waals surface area (Å²) >= 11 is 0. The lowest BCUT2D eigenvalue weighted by Gasteiger charge is -2.17. The molecule has 3 aromatic rings. The lowest BCUT2D eigenvalue weighted by atomic mass is 10.1. The molecule has 1 atom stereocenters. The molecule has 1 unspecified atom stereocenters. The van der Waals surface area contributed by atoms with Crippen LogP contribution in [0, 0.1) is 0 Å². The number of carbonyl (C=O) groups is 2. The third kappa shape index (κ3) is 3.80. The second kappa shape index (κ2) is 7.65. The minimum atomic E-state index is -0.727. The molecule has 3 rings (SSSR count). The molecule has 1 aromatic heterocycles. The lowest BCUT2D eigenvalue weighted by Crippen LogP contribution is -2.37. The van der Waals surface area contributed by atoms with Crippen LogP contribution in [-0.2, 0) is 9.59 Å². The largest absolute Gasteiger partial charge is 0.496 e. The Balaban J connectivity index is 1.68. The number of rotatable bonds is 4. The predicted molar refractivity (Wildman–Crippen MR) is 99.9 cm³/mol. The van der Waals surface area contributed by atoms with E-state index in [9.17, 15) is 9.59 Å². The highest BCUT2D eigenvalue weighted by Gasteiger charge is 2.19. The first-order valence-electron chi connectivity index (χ1n) is 8.18. The summed E-state index contributed by atoms with van der Waals surface area (Å²) in [6.07, 6.45) is 1.70. The summed E-state index contributed by atoms with van der Waals surface area (Å²) in [6, 6.07) is 16.0. The molecule has 0 aliphatic carbocycles. The van der Waals surface area contributed by atoms with Crippen LogP contribution in [0.4, 0.5) is 5.69 Å². The second-order valence-corrected chi connectivity index (χ2v) is 5.80. The van der Waals surface area contributed by atoms with Crippen LogP contribution in [0.1, 0.15) is 18.5 Å². The predicted octanol–water partition coefficient (Wildman–Crippen LogP) is 3.06. The highest BCUT2D eigenvalue weighted by Crippen LogP contribution is 2.24. The van der Waals surface area contributed by atoms with Crippen LogP contribution in [0.25, 0.3) is 10.9 Å². The van der Waals surface area contributed by atoms with Crippen molar-refractivity contribution in [3.8, 4) is 5.75 Å². The molecule has 0 spiro atoms. The average molecular weight is 349 g/mol. The number of aromatic nitrogens is 1. The maximum absolute atomic E-state index is 12.2. The fraction of sp³-hybridized carbons (Fsp3) is 0.150. The van der Waals surface area contributed by atoms with Gasteiger partial charge in [-0.2, -0.15) is 0 Å². The highest BCUT2D eigenvalue weighted by molar-refractivity contribution is 6.39. The first-order valence-corrected chi connectivity index (χ1v) is 8.18. The smallest absolute Gasteiger partial charge is 0.313 e. The Bertz CT molecular complexity index is 956. The number of nitrogens with zero attached hydrogens (tertiary/aromatic N) is 1. The number of pyridine rings is 1. The Morgan fingerprint density at radius 2 is 1.85 bits per heavy atom. The Hall–Kier alpha value is -3.41. The molecule has 26 heavy (non-hydrogen) atoms. The van der Waals surface area contributed by atoms with Gasteiger partial charge in [-0.05, 0) is 37.3 Å². The number of benzene rings is 2. The van der Waals surface area contributed by atoms with Crippen molar-refractivity contribution in [3.05, 3.63) is 66.4 Å². The average Bonchev–Trinajstić information content (AvgIpc) is 2.67. The van der Waals surface area contributed by atoms with Crippen LogP contribution in [0.5, 0.6) is 5.75 Å². The number of anilines is 1. The van der Waals surface area contributed by atoms with Crippen LogP contribution in [-0.4, -0.2) is 23.9 Å². The normalized spacial score (nSPS) is 11.6. The van der Waals surface area contributed by atoms with Crippen molar-refractivity contribution >= 4 is 28.4 Å². The molecular formula is C20H19N3O3. The van der Waals surface area contributed by atoms with Crippen LogP contribution in [0.15, 0.2) is 60.8 Å². The van der Waals surface area contributed by atoms with Gasteiger partial charge < -0.3 is 15.4 Å². The second-order valence-electron chi connectivity index (χ2n) is 5.80. The van der Waals surface area contributed by atoms with E-state index >= 15 is 0 Å². The van der Waals surface area contributed by atoms with Gasteiger partial charge in [0.2, 0.25) is 0 Å². The number of hydrogen-bond donors (Lipinski definition) is 2. The molecule has 0 bridgehead atoms. The molecule has 0 saturated carbocycles. The Kier molecular flexibility index (Phi) is 5.12. The van der Waals surface area contributed by atoms with E-state index < -0.39 is 11.8 Å². The SMILES string of the molecule is COc1ccccc1C(C)NC(=O)C(=O)Nc1ccc2ncccc2c1. The lowest BCUT2D eigenvalue weighted by molar-refractivity contribution is -0.136. The number of carbonyl (C=O) groups excluding carboxylic acids is 2. The van der Waals surface area contributed by atoms with E-state index in [-0.39, 0.29) is 6.04 Å². The molecule has 2 aromatic carbocycles. The summed E-state index contributed by atoms with van der Waals surface area (Å²) in [6.45, 7) is 1.80. The molecule has 0 saturated heterocycles. The molecule has 2 amide bonds. The zero-order valence-corrected chi connectivity index (χ0v) is 14.5. The number of methoxy groups -OCH3 is 1. The summed E-state index contributed by atoms with van der Waals surface area (Å²) in [5.74, 6) is -0.785. The summed E-state index contributed by atoms with van der Waals surface area (Å²) in [4.78, 5) is 28.6. The van der Waals surface area contributed by atoms with Crippen LogP contribution >= 0.6 is 0 Å². The third-order valence-electron chi connectivity index (χ3n) is 4.02. The zero-order chi connectivity index (χ0) is 18.5. The fourth-order valence-corrected chi connectivity index (χ4v) is 2.71. The van der Waals surface area contributed by atoms with Crippen molar-refractivity contribution in [3.63, 3.8) is 0 Å². The highest BCUT2D eigenvalue weighted by atomic mass is 16.5. The monoisotopic (exact) mass is 349 g/mol. The molecule has 0 aliphatic rings. The van der Waals surface area contributed by atoms with Gasteiger partial charge in [-0.15, -0.1) is 0 Å². The number of ether oxygens (including phenoxy) is 1. The minimum absolute atomic E-state index is 0.370. The van der Waals surface area contributed by atoms with Crippen molar-refractivity contribution in [2.45, 2.75) is 13.0 Å². The van der Waals surface area contributed by atoms with Crippen LogP contribution < -0.4 is 15.4 Å². The summed E-state index contributed by atoms with van der Waals surface area (Å²) < 4.78 is 5.29. The van der Waals surface area contributed by atoms with Gasteiger partial charge in [0.15, 0.2) is 0 Å². The van der Waals surface area contributed by atoms with Gasteiger partial charge in [-0.3, -0.25) is 14.6 Å². The zero-order valence-electron chi connectivity index (χ0n) is 14.5. The molecule has 1 heterocycles. The van der Waals surface area contributed by atoms with Crippen molar-refractivity contribution in [1.82, 2.24) is 10.3 Å². The quantitative estimate of drug-likeness (QED) is 0.710. The number of hydrogen-bond acceptors (Lipinski definition) is 4. The minimum Gasteiger partial charge on any atom is -0.496 e. The number of fused-ring (bicyclic) bond motifs is 1. The molecule has 6 nitrogen and oxygen atoms in total. The molecular weight excluding hydrogens is 330 g/mol.